The molecule has 1 aromatic rings. The molecule has 1 rings (SSSR count). The molecule has 0 spiro atoms. The van der Waals surface area contributed by atoms with Crippen molar-refractivity contribution in [3.8, 4) is 6.07 Å². The van der Waals surface area contributed by atoms with E-state index in [2.05, 4.69) is 25.7 Å². The number of pyridine rings is 1. The van der Waals surface area contributed by atoms with Gasteiger partial charge in [-0.25, -0.2) is 18.6 Å². The second-order valence-electron chi connectivity index (χ2n) is 2.96. The highest BCUT2D eigenvalue weighted by atomic mass is 79.9. The Labute approximate surface area is 104 Å². The van der Waals surface area contributed by atoms with E-state index in [0.717, 1.165) is 7.11 Å². The van der Waals surface area contributed by atoms with Gasteiger partial charge in [0.15, 0.2) is 5.69 Å². The van der Waals surface area contributed by atoms with Gasteiger partial charge in [-0.3, -0.25) is 0 Å². The number of halogens is 3. The third-order valence-electron chi connectivity index (χ3n) is 2.05. The molecule has 0 unspecified atom stereocenters. The zero-order valence-electron chi connectivity index (χ0n) is 8.71. The molecule has 0 aromatic carbocycles. The van der Waals surface area contributed by atoms with E-state index in [4.69, 9.17) is 5.26 Å². The van der Waals surface area contributed by atoms with Gasteiger partial charge in [-0.2, -0.15) is 5.26 Å². The molecule has 90 valence electrons. The van der Waals surface area contributed by atoms with Crippen LogP contribution in [0.1, 0.15) is 33.6 Å². The van der Waals surface area contributed by atoms with Crippen molar-refractivity contribution in [1.29, 1.82) is 5.26 Å². The number of nitriles is 1. The summed E-state index contributed by atoms with van der Waals surface area (Å²) >= 11 is 3.06. The van der Waals surface area contributed by atoms with Gasteiger partial charge in [-0.15, -0.1) is 0 Å². The number of carbonyl (C=O) groups is 1. The van der Waals surface area contributed by atoms with Crippen LogP contribution >= 0.6 is 15.9 Å². The number of ether oxygens (including phenoxy) is 1. The lowest BCUT2D eigenvalue weighted by molar-refractivity contribution is 0.0581. The van der Waals surface area contributed by atoms with E-state index >= 15 is 0 Å². The summed E-state index contributed by atoms with van der Waals surface area (Å²) in [6, 6.07) is 1.66. The molecule has 7 heteroatoms. The highest BCUT2D eigenvalue weighted by molar-refractivity contribution is 9.08. The topological polar surface area (TPSA) is 63.0 Å². The maximum Gasteiger partial charge on any atom is 0.357 e. The second-order valence-corrected chi connectivity index (χ2v) is 3.52. The number of hydrogen-bond donors (Lipinski definition) is 0. The summed E-state index contributed by atoms with van der Waals surface area (Å²) < 4.78 is 30.1. The molecule has 0 aliphatic heterocycles. The van der Waals surface area contributed by atoms with E-state index in [1.165, 1.54) is 6.20 Å². The van der Waals surface area contributed by atoms with Crippen LogP contribution in [-0.2, 0) is 10.1 Å². The molecule has 0 saturated carbocycles. The monoisotopic (exact) mass is 304 g/mol. The molecular weight excluding hydrogens is 298 g/mol. The Hall–Kier alpha value is -1.55. The third kappa shape index (κ3) is 2.58. The van der Waals surface area contributed by atoms with Gasteiger partial charge in [0.1, 0.15) is 6.07 Å². The molecule has 0 bridgehead atoms. The molecule has 0 saturated heterocycles. The van der Waals surface area contributed by atoms with E-state index in [1.54, 1.807) is 6.07 Å². The molecule has 0 amide bonds. The number of esters is 1. The predicted molar refractivity (Wildman–Crippen MR) is 57.9 cm³/mol. The highest BCUT2D eigenvalue weighted by Crippen LogP contribution is 2.28. The molecule has 0 radical (unpaired) electrons. The molecule has 0 aliphatic carbocycles. The smallest absolute Gasteiger partial charge is 0.357 e. The van der Waals surface area contributed by atoms with Crippen LogP contribution in [0.3, 0.4) is 0 Å². The summed E-state index contributed by atoms with van der Waals surface area (Å²) in [5.41, 5.74) is -1.15. The second kappa shape index (κ2) is 5.68. The Morgan fingerprint density at radius 1 is 1.71 bits per heavy atom. The van der Waals surface area contributed by atoms with E-state index in [1.807, 2.05) is 0 Å². The number of nitrogens with zero attached hydrogens (tertiary/aromatic N) is 2. The predicted octanol–water partition coefficient (Wildman–Crippen LogP) is 2.57. The van der Waals surface area contributed by atoms with Crippen molar-refractivity contribution in [2.24, 2.45) is 0 Å². The lowest BCUT2D eigenvalue weighted by atomic mass is 10.0. The molecule has 0 fully saturated rings. The van der Waals surface area contributed by atoms with Gasteiger partial charge in [0.05, 0.1) is 18.2 Å². The first-order valence-electron chi connectivity index (χ1n) is 4.41. The minimum atomic E-state index is -2.97. The number of methoxy groups -OCH3 is 1. The minimum absolute atomic E-state index is 0.198. The first kappa shape index (κ1) is 13.5. The van der Waals surface area contributed by atoms with Gasteiger partial charge < -0.3 is 4.74 Å². The molecule has 0 N–H and O–H groups in total. The Morgan fingerprint density at radius 2 is 2.35 bits per heavy atom. The minimum Gasteiger partial charge on any atom is -0.464 e. The van der Waals surface area contributed by atoms with E-state index in [9.17, 15) is 13.6 Å². The Bertz CT molecular complexity index is 486. The molecule has 4 nitrogen and oxygen atoms in total. The van der Waals surface area contributed by atoms with E-state index in [-0.39, 0.29) is 10.9 Å². The first-order valence-corrected chi connectivity index (χ1v) is 5.53. The summed E-state index contributed by atoms with van der Waals surface area (Å²) in [6.45, 7) is 0. The van der Waals surface area contributed by atoms with Crippen LogP contribution in [0.15, 0.2) is 6.20 Å². The normalized spacial score (nSPS) is 10.1. The van der Waals surface area contributed by atoms with Crippen molar-refractivity contribution in [1.82, 2.24) is 4.98 Å². The van der Waals surface area contributed by atoms with Crippen LogP contribution in [0, 0.1) is 11.3 Å². The lowest BCUT2D eigenvalue weighted by Crippen LogP contribution is -2.12. The van der Waals surface area contributed by atoms with E-state index < -0.39 is 23.7 Å². The van der Waals surface area contributed by atoms with Gasteiger partial charge in [-0.1, -0.05) is 15.9 Å². The number of alkyl halides is 3. The molecule has 0 aliphatic rings. The maximum absolute atomic E-state index is 12.9. The average molecular weight is 305 g/mol. The molecular formula is C10H7BrF2N2O2. The van der Waals surface area contributed by atoms with Crippen molar-refractivity contribution >= 4 is 21.9 Å². The number of carbonyl (C=O) groups excluding carboxylic acids is 1. The van der Waals surface area contributed by atoms with Crippen molar-refractivity contribution < 1.29 is 18.3 Å². The van der Waals surface area contributed by atoms with Gasteiger partial charge in [0, 0.05) is 11.5 Å². The van der Waals surface area contributed by atoms with Gasteiger partial charge in [-0.05, 0) is 5.56 Å². The largest absolute Gasteiger partial charge is 0.464 e. The SMILES string of the molecule is COC(=O)c1ncc(CBr)c(C#N)c1C(F)F. The van der Waals surface area contributed by atoms with Crippen molar-refractivity contribution in [3.63, 3.8) is 0 Å². The Kier molecular flexibility index (Phi) is 4.52. The number of aromatic nitrogens is 1. The summed E-state index contributed by atoms with van der Waals surface area (Å²) in [5.74, 6) is -0.988. The number of rotatable bonds is 3. The average Bonchev–Trinajstić information content (AvgIpc) is 2.35. The zero-order chi connectivity index (χ0) is 13.0. The zero-order valence-corrected chi connectivity index (χ0v) is 10.3. The summed E-state index contributed by atoms with van der Waals surface area (Å²) in [6.07, 6.45) is -1.77. The van der Waals surface area contributed by atoms with Crippen LogP contribution in [0.5, 0.6) is 0 Å². The van der Waals surface area contributed by atoms with E-state index in [0.29, 0.717) is 5.56 Å². The summed E-state index contributed by atoms with van der Waals surface area (Å²) in [7, 11) is 1.06. The quantitative estimate of drug-likeness (QED) is 0.636. The van der Waals surface area contributed by atoms with Crippen LogP contribution < -0.4 is 0 Å². The third-order valence-corrected chi connectivity index (χ3v) is 2.65. The Balaban J connectivity index is 3.55. The highest BCUT2D eigenvalue weighted by Gasteiger charge is 2.26. The van der Waals surface area contributed by atoms with Crippen molar-refractivity contribution in [2.75, 3.05) is 7.11 Å². The van der Waals surface area contributed by atoms with Gasteiger partial charge in [0.25, 0.3) is 6.43 Å². The lowest BCUT2D eigenvalue weighted by Gasteiger charge is -2.10. The number of hydrogen-bond acceptors (Lipinski definition) is 4. The Morgan fingerprint density at radius 3 is 2.76 bits per heavy atom. The van der Waals surface area contributed by atoms with Gasteiger partial charge >= 0.3 is 5.97 Å². The first-order chi connectivity index (χ1) is 8.06. The van der Waals surface area contributed by atoms with Crippen molar-refractivity contribution in [3.05, 3.63) is 28.6 Å². The maximum atomic E-state index is 12.9. The molecule has 1 aromatic heterocycles. The summed E-state index contributed by atoms with van der Waals surface area (Å²) in [4.78, 5) is 14.9. The van der Waals surface area contributed by atoms with Crippen molar-refractivity contribution in [2.45, 2.75) is 11.8 Å². The molecule has 17 heavy (non-hydrogen) atoms. The fourth-order valence-corrected chi connectivity index (χ4v) is 1.70. The van der Waals surface area contributed by atoms with Crippen LogP contribution in [0.2, 0.25) is 0 Å². The summed E-state index contributed by atoms with van der Waals surface area (Å²) in [5, 5.41) is 9.07. The molecule has 0 atom stereocenters. The fraction of sp³-hybridized carbons (Fsp3) is 0.300. The van der Waals surface area contributed by atoms with Crippen LogP contribution in [-0.4, -0.2) is 18.1 Å². The van der Waals surface area contributed by atoms with Crippen LogP contribution in [0.4, 0.5) is 8.78 Å². The fourth-order valence-electron chi connectivity index (χ4n) is 1.27. The standard InChI is InChI=1S/C10H7BrF2N2O2/c1-17-10(16)8-7(9(12)13)6(3-14)5(2-11)4-15-8/h4,9H,2H2,1H3. The molecule has 1 heterocycles. The van der Waals surface area contributed by atoms with Gasteiger partial charge in [0.2, 0.25) is 0 Å². The van der Waals surface area contributed by atoms with Crippen LogP contribution in [0.25, 0.3) is 0 Å².